The van der Waals surface area contributed by atoms with Crippen LogP contribution in [0.25, 0.3) is 0 Å². The van der Waals surface area contributed by atoms with Crippen molar-refractivity contribution in [1.82, 2.24) is 0 Å². The molecule has 0 radical (unpaired) electrons. The van der Waals surface area contributed by atoms with Crippen molar-refractivity contribution in [1.29, 1.82) is 0 Å². The summed E-state index contributed by atoms with van der Waals surface area (Å²) >= 11 is 0. The Morgan fingerprint density at radius 2 is 1.52 bits per heavy atom. The molecule has 0 aromatic heterocycles. The van der Waals surface area contributed by atoms with Gasteiger partial charge in [0.05, 0.1) is 15.5 Å². The molecule has 0 bridgehead atoms. The van der Waals surface area contributed by atoms with Crippen LogP contribution in [-0.2, 0) is 9.84 Å². The summed E-state index contributed by atoms with van der Waals surface area (Å²) < 4.78 is 61.4. The van der Waals surface area contributed by atoms with Crippen LogP contribution in [0.1, 0.15) is 0 Å². The molecule has 0 spiro atoms. The number of hydrogen-bond donors (Lipinski definition) is 1. The molecule has 1 heterocycles. The highest BCUT2D eigenvalue weighted by molar-refractivity contribution is 7.92. The molecule has 0 unspecified atom stereocenters. The second-order valence-electron chi connectivity index (χ2n) is 6.32. The molecule has 1 saturated heterocycles. The molecule has 8 nitrogen and oxygen atoms in total. The van der Waals surface area contributed by atoms with Crippen LogP contribution in [0, 0.1) is 10.1 Å². The van der Waals surface area contributed by atoms with E-state index in [9.17, 15) is 36.8 Å². The minimum atomic E-state index is -5.69. The highest BCUT2D eigenvalue weighted by atomic mass is 32.2. The number of alkyl halides is 3. The largest absolute Gasteiger partial charge is 0.506 e. The smallest absolute Gasteiger partial charge is 0.501 e. The topological polar surface area (TPSA) is 104 Å². The lowest BCUT2D eigenvalue weighted by molar-refractivity contribution is -0.384. The fourth-order valence-corrected chi connectivity index (χ4v) is 3.92. The summed E-state index contributed by atoms with van der Waals surface area (Å²) in [5.41, 5.74) is -5.63. The first-order valence-electron chi connectivity index (χ1n) is 8.40. The molecule has 1 aliphatic heterocycles. The Morgan fingerprint density at radius 1 is 0.966 bits per heavy atom. The van der Waals surface area contributed by atoms with Gasteiger partial charge in [0.25, 0.3) is 15.5 Å². The fourth-order valence-electron chi connectivity index (χ4n) is 3.14. The number of phenolic OH excluding ortho intramolecular Hbond substituents is 1. The SMILES string of the molecule is O=[N+]([O-])c1cc(S(=O)(=O)C(F)(F)F)ccc1N1CCN(c2ccccc2O)CC1. The van der Waals surface area contributed by atoms with Crippen LogP contribution in [0.3, 0.4) is 0 Å². The van der Waals surface area contributed by atoms with Gasteiger partial charge < -0.3 is 14.9 Å². The molecule has 0 saturated carbocycles. The monoisotopic (exact) mass is 431 g/mol. The van der Waals surface area contributed by atoms with Gasteiger partial charge in [-0.15, -0.1) is 0 Å². The van der Waals surface area contributed by atoms with Crippen molar-refractivity contribution in [3.8, 4) is 5.75 Å². The maximum Gasteiger partial charge on any atom is 0.501 e. The van der Waals surface area contributed by atoms with E-state index in [0.29, 0.717) is 37.9 Å². The summed E-state index contributed by atoms with van der Waals surface area (Å²) in [6.45, 7) is 1.38. The van der Waals surface area contributed by atoms with Gasteiger partial charge in [0.1, 0.15) is 11.4 Å². The number of nitro benzene ring substituents is 1. The number of para-hydroxylation sites is 2. The van der Waals surface area contributed by atoms with Crippen molar-refractivity contribution in [3.05, 3.63) is 52.6 Å². The van der Waals surface area contributed by atoms with Crippen LogP contribution in [0.4, 0.5) is 30.2 Å². The zero-order valence-corrected chi connectivity index (χ0v) is 15.7. The highest BCUT2D eigenvalue weighted by Gasteiger charge is 2.47. The average molecular weight is 431 g/mol. The lowest BCUT2D eigenvalue weighted by Gasteiger charge is -2.37. The van der Waals surface area contributed by atoms with Crippen molar-refractivity contribution >= 4 is 26.9 Å². The minimum absolute atomic E-state index is 0.0352. The Morgan fingerprint density at radius 3 is 2.03 bits per heavy atom. The van der Waals surface area contributed by atoms with Gasteiger partial charge in [-0.3, -0.25) is 10.1 Å². The van der Waals surface area contributed by atoms with Gasteiger partial charge in [0, 0.05) is 32.2 Å². The number of nitro groups is 1. The van der Waals surface area contributed by atoms with E-state index in [1.165, 1.54) is 6.07 Å². The first-order valence-corrected chi connectivity index (χ1v) is 9.88. The number of rotatable bonds is 4. The van der Waals surface area contributed by atoms with Gasteiger partial charge in [-0.1, -0.05) is 12.1 Å². The molecule has 1 N–H and O–H groups in total. The van der Waals surface area contributed by atoms with E-state index in [1.807, 2.05) is 4.90 Å². The molecular formula is C17H16F3N3O5S. The third kappa shape index (κ3) is 3.92. The summed E-state index contributed by atoms with van der Waals surface area (Å²) in [5.74, 6) is 0.0913. The van der Waals surface area contributed by atoms with Crippen molar-refractivity contribution in [2.45, 2.75) is 10.4 Å². The summed E-state index contributed by atoms with van der Waals surface area (Å²) in [5, 5.41) is 21.3. The summed E-state index contributed by atoms with van der Waals surface area (Å²) in [6.07, 6.45) is 0. The standard InChI is InChI=1S/C17H16F3N3O5S/c18-17(19,20)29(27,28)12-5-6-13(15(11-12)23(25)26)21-7-9-22(10-8-21)14-3-1-2-4-16(14)24/h1-6,11,24H,7-10H2. The van der Waals surface area contributed by atoms with Crippen LogP contribution in [-0.4, -0.2) is 50.1 Å². The molecule has 0 atom stereocenters. The van der Waals surface area contributed by atoms with E-state index in [0.717, 1.165) is 12.1 Å². The van der Waals surface area contributed by atoms with Crippen molar-refractivity contribution in [2.24, 2.45) is 0 Å². The van der Waals surface area contributed by atoms with Gasteiger partial charge in [-0.05, 0) is 24.3 Å². The number of halogens is 3. The van der Waals surface area contributed by atoms with Crippen LogP contribution in [0.2, 0.25) is 0 Å². The van der Waals surface area contributed by atoms with E-state index in [-0.39, 0.29) is 11.4 Å². The Bertz CT molecular complexity index is 1030. The molecule has 3 rings (SSSR count). The number of phenols is 1. The second-order valence-corrected chi connectivity index (χ2v) is 8.26. The Hall–Kier alpha value is -3.02. The van der Waals surface area contributed by atoms with Gasteiger partial charge in [-0.25, -0.2) is 8.42 Å². The van der Waals surface area contributed by atoms with Crippen molar-refractivity contribution in [2.75, 3.05) is 36.0 Å². The van der Waals surface area contributed by atoms with Crippen LogP contribution in [0.5, 0.6) is 5.75 Å². The quantitative estimate of drug-likeness (QED) is 0.586. The number of benzene rings is 2. The molecule has 0 aliphatic carbocycles. The zero-order valence-electron chi connectivity index (χ0n) is 14.8. The third-order valence-electron chi connectivity index (χ3n) is 4.60. The molecule has 2 aromatic rings. The van der Waals surface area contributed by atoms with Gasteiger partial charge in [-0.2, -0.15) is 13.2 Å². The third-order valence-corrected chi connectivity index (χ3v) is 6.09. The molecule has 29 heavy (non-hydrogen) atoms. The zero-order chi connectivity index (χ0) is 21.4. The Kier molecular flexibility index (Phi) is 5.30. The molecule has 2 aromatic carbocycles. The molecule has 156 valence electrons. The molecule has 0 amide bonds. The van der Waals surface area contributed by atoms with E-state index >= 15 is 0 Å². The number of sulfone groups is 1. The van der Waals surface area contributed by atoms with Gasteiger partial charge in [0.15, 0.2) is 0 Å². The lowest BCUT2D eigenvalue weighted by atomic mass is 10.2. The van der Waals surface area contributed by atoms with E-state index < -0.39 is 30.9 Å². The normalized spacial score (nSPS) is 15.4. The first kappa shape index (κ1) is 20.7. The summed E-state index contributed by atoms with van der Waals surface area (Å²) in [6, 6.07) is 8.87. The predicted octanol–water partition coefficient (Wildman–Crippen LogP) is 2.92. The van der Waals surface area contributed by atoms with Crippen molar-refractivity contribution in [3.63, 3.8) is 0 Å². The molecule has 1 fully saturated rings. The maximum absolute atomic E-state index is 12.7. The Balaban J connectivity index is 1.87. The van der Waals surface area contributed by atoms with Crippen LogP contribution >= 0.6 is 0 Å². The predicted molar refractivity (Wildman–Crippen MR) is 98.9 cm³/mol. The van der Waals surface area contributed by atoms with Gasteiger partial charge >= 0.3 is 5.51 Å². The van der Waals surface area contributed by atoms with Crippen LogP contribution in [0.15, 0.2) is 47.4 Å². The molecular weight excluding hydrogens is 415 g/mol. The maximum atomic E-state index is 12.7. The first-order chi connectivity index (χ1) is 13.5. The lowest BCUT2D eigenvalue weighted by Crippen LogP contribution is -2.46. The average Bonchev–Trinajstić information content (AvgIpc) is 2.67. The summed E-state index contributed by atoms with van der Waals surface area (Å²) in [7, 11) is -5.69. The van der Waals surface area contributed by atoms with E-state index in [4.69, 9.17) is 0 Å². The number of piperazine rings is 1. The highest BCUT2D eigenvalue weighted by Crippen LogP contribution is 2.37. The number of aromatic hydroxyl groups is 1. The molecule has 1 aliphatic rings. The minimum Gasteiger partial charge on any atom is -0.506 e. The van der Waals surface area contributed by atoms with E-state index in [1.54, 1.807) is 23.1 Å². The number of anilines is 2. The number of hydrogen-bond acceptors (Lipinski definition) is 7. The fraction of sp³-hybridized carbons (Fsp3) is 0.294. The Labute approximate surface area is 163 Å². The number of nitrogens with zero attached hydrogens (tertiary/aromatic N) is 3. The van der Waals surface area contributed by atoms with Crippen LogP contribution < -0.4 is 9.80 Å². The second kappa shape index (κ2) is 7.43. The summed E-state index contributed by atoms with van der Waals surface area (Å²) in [4.78, 5) is 12.8. The van der Waals surface area contributed by atoms with Crippen molar-refractivity contribution < 1.29 is 31.6 Å². The molecule has 12 heteroatoms. The van der Waals surface area contributed by atoms with E-state index in [2.05, 4.69) is 0 Å². The van der Waals surface area contributed by atoms with Gasteiger partial charge in [0.2, 0.25) is 0 Å².